The molecule has 1 heterocycles. The summed E-state index contributed by atoms with van der Waals surface area (Å²) in [4.78, 5) is 0. The largest absolute Gasteiger partial charge is 0.383 e. The lowest BCUT2D eigenvalue weighted by atomic mass is 10.0. The van der Waals surface area contributed by atoms with Gasteiger partial charge in [-0.1, -0.05) is 11.6 Å². The smallest absolute Gasteiger partial charge is 0.0631 e. The van der Waals surface area contributed by atoms with Crippen LogP contribution in [0.1, 0.15) is 46.5 Å². The predicted molar refractivity (Wildman–Crippen MR) is 75.9 cm³/mol. The molecule has 0 spiro atoms. The highest BCUT2D eigenvalue weighted by atomic mass is 16.5. The lowest BCUT2D eigenvalue weighted by Gasteiger charge is -2.19. The number of hydrogen-bond donors (Lipinski definition) is 1. The molecular weight excluding hydrogens is 226 g/mol. The van der Waals surface area contributed by atoms with E-state index in [-0.39, 0.29) is 5.60 Å². The van der Waals surface area contributed by atoms with Gasteiger partial charge in [0.15, 0.2) is 0 Å². The lowest BCUT2D eigenvalue weighted by Crippen LogP contribution is -2.20. The Morgan fingerprint density at radius 2 is 2.22 bits per heavy atom. The molecule has 0 bridgehead atoms. The third kappa shape index (κ3) is 6.53. The van der Waals surface area contributed by atoms with Crippen molar-refractivity contribution < 1.29 is 9.47 Å². The molecule has 1 rings (SSSR count). The van der Waals surface area contributed by atoms with Crippen molar-refractivity contribution in [1.29, 1.82) is 0 Å². The van der Waals surface area contributed by atoms with Crippen molar-refractivity contribution in [3.63, 3.8) is 0 Å². The Hall–Kier alpha value is -0.380. The summed E-state index contributed by atoms with van der Waals surface area (Å²) >= 11 is 0. The SMILES string of the molecule is COCCNCC/C=C(/C)CC1CCC(C)(C)O1. The fourth-order valence-electron chi connectivity index (χ4n) is 2.38. The van der Waals surface area contributed by atoms with E-state index in [2.05, 4.69) is 32.2 Å². The van der Waals surface area contributed by atoms with Crippen LogP contribution in [0.2, 0.25) is 0 Å². The molecule has 1 saturated heterocycles. The van der Waals surface area contributed by atoms with Crippen LogP contribution in [0.4, 0.5) is 0 Å². The Balaban J connectivity index is 2.11. The standard InChI is InChI=1S/C15H29NO2/c1-13(6-5-9-16-10-11-17-4)12-14-7-8-15(2,3)18-14/h6,14,16H,5,7-12H2,1-4H3/b13-6-. The summed E-state index contributed by atoms with van der Waals surface area (Å²) in [5.74, 6) is 0. The zero-order valence-electron chi connectivity index (χ0n) is 12.4. The predicted octanol–water partition coefficient (Wildman–Crippen LogP) is 2.91. The van der Waals surface area contributed by atoms with Gasteiger partial charge in [0.05, 0.1) is 18.3 Å². The quantitative estimate of drug-likeness (QED) is 0.534. The first-order valence-electron chi connectivity index (χ1n) is 7.06. The van der Waals surface area contributed by atoms with Crippen LogP contribution >= 0.6 is 0 Å². The number of nitrogens with one attached hydrogen (secondary N) is 1. The summed E-state index contributed by atoms with van der Waals surface area (Å²) in [6.07, 6.45) is 7.31. The zero-order chi connectivity index (χ0) is 13.4. The molecule has 3 heteroatoms. The molecule has 0 aromatic rings. The minimum atomic E-state index is 0.0899. The van der Waals surface area contributed by atoms with Crippen molar-refractivity contribution in [3.8, 4) is 0 Å². The summed E-state index contributed by atoms with van der Waals surface area (Å²) < 4.78 is 11.0. The topological polar surface area (TPSA) is 30.5 Å². The zero-order valence-corrected chi connectivity index (χ0v) is 12.4. The Kier molecular flexibility index (Phi) is 6.90. The summed E-state index contributed by atoms with van der Waals surface area (Å²) in [6.45, 7) is 9.33. The van der Waals surface area contributed by atoms with Gasteiger partial charge in [0.25, 0.3) is 0 Å². The van der Waals surface area contributed by atoms with Crippen molar-refractivity contribution in [1.82, 2.24) is 5.32 Å². The van der Waals surface area contributed by atoms with Gasteiger partial charge in [0, 0.05) is 13.7 Å². The van der Waals surface area contributed by atoms with Gasteiger partial charge in [0.1, 0.15) is 0 Å². The molecule has 18 heavy (non-hydrogen) atoms. The van der Waals surface area contributed by atoms with E-state index in [0.29, 0.717) is 6.10 Å². The fourth-order valence-corrected chi connectivity index (χ4v) is 2.38. The van der Waals surface area contributed by atoms with E-state index in [0.717, 1.165) is 32.5 Å². The normalized spacial score (nSPS) is 23.6. The first-order chi connectivity index (χ1) is 8.53. The molecule has 0 aromatic heterocycles. The Morgan fingerprint density at radius 1 is 1.44 bits per heavy atom. The van der Waals surface area contributed by atoms with Crippen LogP contribution in [-0.4, -0.2) is 38.5 Å². The van der Waals surface area contributed by atoms with Gasteiger partial charge in [-0.05, 0) is 53.0 Å². The third-order valence-corrected chi connectivity index (χ3v) is 3.40. The average molecular weight is 255 g/mol. The lowest BCUT2D eigenvalue weighted by molar-refractivity contribution is -0.0144. The molecule has 1 aliphatic heterocycles. The molecule has 1 fully saturated rings. The van der Waals surface area contributed by atoms with Crippen molar-refractivity contribution >= 4 is 0 Å². The van der Waals surface area contributed by atoms with E-state index in [4.69, 9.17) is 9.47 Å². The molecule has 3 nitrogen and oxygen atoms in total. The van der Waals surface area contributed by atoms with Crippen LogP contribution < -0.4 is 5.32 Å². The Morgan fingerprint density at radius 3 is 2.83 bits per heavy atom. The molecule has 0 radical (unpaired) electrons. The maximum atomic E-state index is 6.01. The molecule has 0 aliphatic carbocycles. The summed E-state index contributed by atoms with van der Waals surface area (Å²) in [7, 11) is 1.73. The van der Waals surface area contributed by atoms with Crippen molar-refractivity contribution in [2.45, 2.75) is 58.2 Å². The molecule has 0 amide bonds. The van der Waals surface area contributed by atoms with E-state index in [1.54, 1.807) is 7.11 Å². The summed E-state index contributed by atoms with van der Waals surface area (Å²) in [5, 5.41) is 3.35. The minimum Gasteiger partial charge on any atom is -0.383 e. The van der Waals surface area contributed by atoms with E-state index >= 15 is 0 Å². The molecular formula is C15H29NO2. The Bertz CT molecular complexity index is 261. The highest BCUT2D eigenvalue weighted by molar-refractivity contribution is 5.01. The van der Waals surface area contributed by atoms with E-state index in [1.165, 1.54) is 18.4 Å². The highest BCUT2D eigenvalue weighted by Gasteiger charge is 2.31. The van der Waals surface area contributed by atoms with Gasteiger partial charge in [-0.3, -0.25) is 0 Å². The average Bonchev–Trinajstić information content (AvgIpc) is 2.63. The van der Waals surface area contributed by atoms with E-state index in [1.807, 2.05) is 0 Å². The van der Waals surface area contributed by atoms with Crippen LogP contribution in [0.3, 0.4) is 0 Å². The van der Waals surface area contributed by atoms with E-state index in [9.17, 15) is 0 Å². The molecule has 1 aliphatic rings. The number of methoxy groups -OCH3 is 1. The fraction of sp³-hybridized carbons (Fsp3) is 0.867. The van der Waals surface area contributed by atoms with Crippen molar-refractivity contribution in [3.05, 3.63) is 11.6 Å². The maximum Gasteiger partial charge on any atom is 0.0631 e. The molecule has 106 valence electrons. The summed E-state index contributed by atoms with van der Waals surface area (Å²) in [5.41, 5.74) is 1.54. The number of hydrogen-bond acceptors (Lipinski definition) is 3. The molecule has 0 aromatic carbocycles. The van der Waals surface area contributed by atoms with Crippen LogP contribution in [0.15, 0.2) is 11.6 Å². The molecule has 1 atom stereocenters. The van der Waals surface area contributed by atoms with Gasteiger partial charge >= 0.3 is 0 Å². The van der Waals surface area contributed by atoms with Crippen molar-refractivity contribution in [2.75, 3.05) is 26.8 Å². The molecule has 1 N–H and O–H groups in total. The Labute approximate surface area is 112 Å². The third-order valence-electron chi connectivity index (χ3n) is 3.40. The van der Waals surface area contributed by atoms with Gasteiger partial charge in [0.2, 0.25) is 0 Å². The van der Waals surface area contributed by atoms with Crippen molar-refractivity contribution in [2.24, 2.45) is 0 Å². The van der Waals surface area contributed by atoms with Crippen LogP contribution in [0.25, 0.3) is 0 Å². The van der Waals surface area contributed by atoms with Gasteiger partial charge in [-0.25, -0.2) is 0 Å². The monoisotopic (exact) mass is 255 g/mol. The van der Waals surface area contributed by atoms with Crippen LogP contribution in [0.5, 0.6) is 0 Å². The van der Waals surface area contributed by atoms with Crippen LogP contribution in [0, 0.1) is 0 Å². The molecule has 1 unspecified atom stereocenters. The highest BCUT2D eigenvalue weighted by Crippen LogP contribution is 2.32. The minimum absolute atomic E-state index is 0.0899. The van der Waals surface area contributed by atoms with Gasteiger partial charge in [-0.2, -0.15) is 0 Å². The van der Waals surface area contributed by atoms with Gasteiger partial charge in [-0.15, -0.1) is 0 Å². The first kappa shape index (κ1) is 15.7. The van der Waals surface area contributed by atoms with Crippen LogP contribution in [-0.2, 0) is 9.47 Å². The maximum absolute atomic E-state index is 6.01. The van der Waals surface area contributed by atoms with E-state index < -0.39 is 0 Å². The summed E-state index contributed by atoms with van der Waals surface area (Å²) in [6, 6.07) is 0. The first-order valence-corrected chi connectivity index (χ1v) is 7.06. The second kappa shape index (κ2) is 7.93. The number of rotatable bonds is 8. The second-order valence-electron chi connectivity index (χ2n) is 5.82. The number of ether oxygens (including phenoxy) is 2. The van der Waals surface area contributed by atoms with Gasteiger partial charge < -0.3 is 14.8 Å². The molecule has 0 saturated carbocycles. The second-order valence-corrected chi connectivity index (χ2v) is 5.82.